The summed E-state index contributed by atoms with van der Waals surface area (Å²) in [6.45, 7) is 2.62. The maximum atomic E-state index is 13.4. The Hall–Kier alpha value is -0.870. The van der Waals surface area contributed by atoms with Crippen molar-refractivity contribution in [3.63, 3.8) is 0 Å². The van der Waals surface area contributed by atoms with E-state index in [1.54, 1.807) is 6.07 Å². The topological polar surface area (TPSA) is 12.0 Å². The summed E-state index contributed by atoms with van der Waals surface area (Å²) in [5.41, 5.74) is 3.10. The Morgan fingerprint density at radius 2 is 1.94 bits per heavy atom. The maximum absolute atomic E-state index is 13.4. The number of aryl methyl sites for hydroxylation is 1. The summed E-state index contributed by atoms with van der Waals surface area (Å²) in [6, 6.07) is 11.1. The van der Waals surface area contributed by atoms with Gasteiger partial charge in [0.15, 0.2) is 0 Å². The van der Waals surface area contributed by atoms with E-state index in [9.17, 15) is 4.39 Å². The van der Waals surface area contributed by atoms with Crippen molar-refractivity contribution in [1.29, 1.82) is 0 Å². The molecule has 2 aromatic carbocycles. The zero-order valence-corrected chi connectivity index (χ0v) is 13.0. The van der Waals surface area contributed by atoms with E-state index in [0.29, 0.717) is 11.0 Å². The van der Waals surface area contributed by atoms with Gasteiger partial charge in [0.05, 0.1) is 4.47 Å². The molecule has 0 atom stereocenters. The molecule has 0 heterocycles. The van der Waals surface area contributed by atoms with Crippen molar-refractivity contribution >= 4 is 37.5 Å². The van der Waals surface area contributed by atoms with E-state index in [1.165, 1.54) is 6.07 Å². The van der Waals surface area contributed by atoms with Crippen LogP contribution < -0.4 is 5.32 Å². The molecular formula is C14H12Br2FN. The maximum Gasteiger partial charge on any atom is 0.137 e. The van der Waals surface area contributed by atoms with Gasteiger partial charge in [0, 0.05) is 16.7 Å². The Kier molecular flexibility index (Phi) is 4.40. The van der Waals surface area contributed by atoms with Crippen LogP contribution in [-0.4, -0.2) is 0 Å². The minimum atomic E-state index is -0.234. The highest BCUT2D eigenvalue weighted by Gasteiger charge is 2.05. The van der Waals surface area contributed by atoms with Gasteiger partial charge in [0.25, 0.3) is 0 Å². The van der Waals surface area contributed by atoms with E-state index in [4.69, 9.17) is 0 Å². The molecule has 4 heteroatoms. The summed E-state index contributed by atoms with van der Waals surface area (Å²) >= 11 is 6.69. The second-order valence-electron chi connectivity index (χ2n) is 4.03. The van der Waals surface area contributed by atoms with Crippen LogP contribution in [0.1, 0.15) is 11.1 Å². The van der Waals surface area contributed by atoms with Gasteiger partial charge in [-0.1, -0.05) is 28.1 Å². The van der Waals surface area contributed by atoms with Crippen molar-refractivity contribution in [1.82, 2.24) is 0 Å². The second kappa shape index (κ2) is 5.85. The van der Waals surface area contributed by atoms with Crippen molar-refractivity contribution in [2.24, 2.45) is 0 Å². The summed E-state index contributed by atoms with van der Waals surface area (Å²) in [5.74, 6) is -0.234. The molecule has 2 rings (SSSR count). The molecule has 0 amide bonds. The molecule has 0 bridgehead atoms. The van der Waals surface area contributed by atoms with Crippen LogP contribution >= 0.6 is 31.9 Å². The SMILES string of the molecule is Cc1cc(Br)ccc1NCc1cccc(F)c1Br. The van der Waals surface area contributed by atoms with Crippen molar-refractivity contribution in [2.45, 2.75) is 13.5 Å². The highest BCUT2D eigenvalue weighted by Crippen LogP contribution is 2.24. The Labute approximate surface area is 123 Å². The molecule has 94 valence electrons. The highest BCUT2D eigenvalue weighted by atomic mass is 79.9. The fraction of sp³-hybridized carbons (Fsp3) is 0.143. The van der Waals surface area contributed by atoms with Crippen LogP contribution in [0.5, 0.6) is 0 Å². The molecule has 0 aliphatic rings. The average Bonchev–Trinajstić information content (AvgIpc) is 2.33. The molecule has 0 radical (unpaired) electrons. The van der Waals surface area contributed by atoms with Gasteiger partial charge in [0.2, 0.25) is 0 Å². The first-order valence-electron chi connectivity index (χ1n) is 5.51. The largest absolute Gasteiger partial charge is 0.381 e. The Bertz CT molecular complexity index is 570. The van der Waals surface area contributed by atoms with E-state index in [0.717, 1.165) is 21.3 Å². The summed E-state index contributed by atoms with van der Waals surface area (Å²) in [7, 11) is 0. The molecule has 0 saturated carbocycles. The van der Waals surface area contributed by atoms with Gasteiger partial charge in [-0.15, -0.1) is 0 Å². The molecule has 18 heavy (non-hydrogen) atoms. The zero-order valence-electron chi connectivity index (χ0n) is 9.81. The molecule has 1 nitrogen and oxygen atoms in total. The minimum absolute atomic E-state index is 0.234. The Morgan fingerprint density at radius 1 is 1.17 bits per heavy atom. The number of hydrogen-bond acceptors (Lipinski definition) is 1. The number of hydrogen-bond donors (Lipinski definition) is 1. The Balaban J connectivity index is 2.14. The smallest absolute Gasteiger partial charge is 0.137 e. The van der Waals surface area contributed by atoms with Crippen LogP contribution in [0.15, 0.2) is 45.3 Å². The first-order chi connectivity index (χ1) is 8.58. The van der Waals surface area contributed by atoms with Crippen molar-refractivity contribution in [3.8, 4) is 0 Å². The summed E-state index contributed by atoms with van der Waals surface area (Å²) in [6.07, 6.45) is 0. The van der Waals surface area contributed by atoms with E-state index in [2.05, 4.69) is 37.2 Å². The normalized spacial score (nSPS) is 10.4. The predicted octanol–water partition coefficient (Wildman–Crippen LogP) is 5.27. The summed E-state index contributed by atoms with van der Waals surface area (Å²) in [4.78, 5) is 0. The number of halogens is 3. The third kappa shape index (κ3) is 3.12. The number of nitrogens with one attached hydrogen (secondary N) is 1. The fourth-order valence-corrected chi connectivity index (χ4v) is 2.58. The summed E-state index contributed by atoms with van der Waals surface area (Å²) in [5, 5.41) is 3.31. The van der Waals surface area contributed by atoms with Gasteiger partial charge in [-0.2, -0.15) is 0 Å². The summed E-state index contributed by atoms with van der Waals surface area (Å²) < 4.78 is 14.9. The number of benzene rings is 2. The predicted molar refractivity (Wildman–Crippen MR) is 80.3 cm³/mol. The number of rotatable bonds is 3. The standard InChI is InChI=1S/C14H12Br2FN/c1-9-7-11(15)5-6-13(9)18-8-10-3-2-4-12(17)14(10)16/h2-7,18H,8H2,1H3. The lowest BCUT2D eigenvalue weighted by molar-refractivity contribution is 0.618. The van der Waals surface area contributed by atoms with Gasteiger partial charge >= 0.3 is 0 Å². The third-order valence-electron chi connectivity index (χ3n) is 2.69. The lowest BCUT2D eigenvalue weighted by Gasteiger charge is -2.11. The molecule has 0 spiro atoms. The Morgan fingerprint density at radius 3 is 2.67 bits per heavy atom. The first kappa shape index (κ1) is 13.6. The molecule has 0 unspecified atom stereocenters. The van der Waals surface area contributed by atoms with Gasteiger partial charge in [-0.3, -0.25) is 0 Å². The van der Waals surface area contributed by atoms with Crippen molar-refractivity contribution in [2.75, 3.05) is 5.32 Å². The molecule has 0 aliphatic carbocycles. The lowest BCUT2D eigenvalue weighted by Crippen LogP contribution is -2.02. The monoisotopic (exact) mass is 371 g/mol. The highest BCUT2D eigenvalue weighted by molar-refractivity contribution is 9.10. The molecule has 1 N–H and O–H groups in total. The number of anilines is 1. The van der Waals surface area contributed by atoms with E-state index in [1.807, 2.05) is 31.2 Å². The lowest BCUT2D eigenvalue weighted by atomic mass is 10.2. The quantitative estimate of drug-likeness (QED) is 0.773. The van der Waals surface area contributed by atoms with Crippen LogP contribution in [0, 0.1) is 12.7 Å². The van der Waals surface area contributed by atoms with Crippen LogP contribution in [0.2, 0.25) is 0 Å². The zero-order chi connectivity index (χ0) is 13.1. The minimum Gasteiger partial charge on any atom is -0.381 e. The van der Waals surface area contributed by atoms with Crippen molar-refractivity contribution in [3.05, 3.63) is 62.3 Å². The fourth-order valence-electron chi connectivity index (χ4n) is 1.70. The van der Waals surface area contributed by atoms with Crippen LogP contribution in [0.4, 0.5) is 10.1 Å². The van der Waals surface area contributed by atoms with E-state index in [-0.39, 0.29) is 5.82 Å². The van der Waals surface area contributed by atoms with Gasteiger partial charge in [-0.05, 0) is 58.2 Å². The van der Waals surface area contributed by atoms with Gasteiger partial charge < -0.3 is 5.32 Å². The molecule has 2 aromatic rings. The average molecular weight is 373 g/mol. The van der Waals surface area contributed by atoms with Crippen LogP contribution in [0.25, 0.3) is 0 Å². The first-order valence-corrected chi connectivity index (χ1v) is 7.09. The van der Waals surface area contributed by atoms with Crippen LogP contribution in [-0.2, 0) is 6.54 Å². The molecule has 0 aromatic heterocycles. The van der Waals surface area contributed by atoms with Crippen molar-refractivity contribution < 1.29 is 4.39 Å². The molecule has 0 aliphatic heterocycles. The van der Waals surface area contributed by atoms with Crippen LogP contribution in [0.3, 0.4) is 0 Å². The van der Waals surface area contributed by atoms with Gasteiger partial charge in [0.1, 0.15) is 5.82 Å². The molecule has 0 saturated heterocycles. The van der Waals surface area contributed by atoms with E-state index >= 15 is 0 Å². The third-order valence-corrected chi connectivity index (χ3v) is 4.07. The molecular weight excluding hydrogens is 361 g/mol. The second-order valence-corrected chi connectivity index (χ2v) is 5.73. The molecule has 0 fully saturated rings. The van der Waals surface area contributed by atoms with E-state index < -0.39 is 0 Å². The van der Waals surface area contributed by atoms with Gasteiger partial charge in [-0.25, -0.2) is 4.39 Å².